The summed E-state index contributed by atoms with van der Waals surface area (Å²) >= 11 is 0.279. The maximum absolute atomic E-state index is 12.5. The Labute approximate surface area is 136 Å². The maximum Gasteiger partial charge on any atom is 0.288 e. The van der Waals surface area contributed by atoms with E-state index in [9.17, 15) is 18.4 Å². The monoisotopic (exact) mass is 336 g/mol. The number of thioether (sulfide) groups is 1. The molecular weight excluding hydrogens is 322 g/mol. The van der Waals surface area contributed by atoms with Crippen molar-refractivity contribution in [3.63, 3.8) is 0 Å². The van der Waals surface area contributed by atoms with Gasteiger partial charge in [0.05, 0.1) is 5.56 Å². The van der Waals surface area contributed by atoms with Gasteiger partial charge in [0.1, 0.15) is 0 Å². The Bertz CT molecular complexity index is 705. The number of aryl methyl sites for hydroxylation is 1. The summed E-state index contributed by atoms with van der Waals surface area (Å²) in [5, 5.41) is 0. The Morgan fingerprint density at radius 2 is 1.57 bits per heavy atom. The highest BCUT2D eigenvalue weighted by Crippen LogP contribution is 2.28. The Kier molecular flexibility index (Phi) is 5.70. The van der Waals surface area contributed by atoms with E-state index >= 15 is 0 Å². The first-order valence-electron chi connectivity index (χ1n) is 6.68. The van der Waals surface area contributed by atoms with Crippen molar-refractivity contribution >= 4 is 23.6 Å². The SMILES string of the molecule is Cc1ccc(C(=O)NNC(=O)c2ccccc2SC(F)F)cc1. The number of amides is 2. The van der Waals surface area contributed by atoms with Crippen LogP contribution in [0.1, 0.15) is 26.3 Å². The summed E-state index contributed by atoms with van der Waals surface area (Å²) in [6.07, 6.45) is 0. The quantitative estimate of drug-likeness (QED) is 0.665. The first kappa shape index (κ1) is 17.0. The van der Waals surface area contributed by atoms with Gasteiger partial charge < -0.3 is 0 Å². The van der Waals surface area contributed by atoms with E-state index in [1.807, 2.05) is 6.92 Å². The Morgan fingerprint density at radius 3 is 2.22 bits per heavy atom. The number of carbonyl (C=O) groups is 2. The van der Waals surface area contributed by atoms with Crippen LogP contribution in [0.5, 0.6) is 0 Å². The van der Waals surface area contributed by atoms with Crippen LogP contribution in [-0.2, 0) is 0 Å². The zero-order valence-corrected chi connectivity index (χ0v) is 13.0. The van der Waals surface area contributed by atoms with Gasteiger partial charge in [-0.1, -0.05) is 41.6 Å². The molecule has 2 amide bonds. The molecule has 0 aromatic heterocycles. The summed E-state index contributed by atoms with van der Waals surface area (Å²) in [7, 11) is 0. The summed E-state index contributed by atoms with van der Waals surface area (Å²) < 4.78 is 25.0. The molecule has 0 atom stereocenters. The number of carbonyl (C=O) groups excluding carboxylic acids is 2. The molecule has 2 aromatic rings. The van der Waals surface area contributed by atoms with Gasteiger partial charge in [-0.2, -0.15) is 8.78 Å². The number of hydrogen-bond acceptors (Lipinski definition) is 3. The molecule has 2 N–H and O–H groups in total. The molecule has 4 nitrogen and oxygen atoms in total. The standard InChI is InChI=1S/C16H14F2N2O2S/c1-10-6-8-11(9-7-10)14(21)19-20-15(22)12-4-2-3-5-13(12)23-16(17)18/h2-9,16H,1H3,(H,19,21)(H,20,22). The first-order chi connectivity index (χ1) is 11.0. The van der Waals surface area contributed by atoms with Crippen LogP contribution in [0.25, 0.3) is 0 Å². The molecule has 120 valence electrons. The minimum atomic E-state index is -2.63. The molecule has 0 saturated heterocycles. The Hall–Kier alpha value is -2.41. The van der Waals surface area contributed by atoms with Crippen LogP contribution in [0.3, 0.4) is 0 Å². The summed E-state index contributed by atoms with van der Waals surface area (Å²) in [5.74, 6) is -3.78. The van der Waals surface area contributed by atoms with E-state index in [0.717, 1.165) is 5.56 Å². The number of hydrogen-bond donors (Lipinski definition) is 2. The molecule has 2 aromatic carbocycles. The molecule has 23 heavy (non-hydrogen) atoms. The van der Waals surface area contributed by atoms with Crippen molar-refractivity contribution in [3.8, 4) is 0 Å². The lowest BCUT2D eigenvalue weighted by Crippen LogP contribution is -2.41. The van der Waals surface area contributed by atoms with Crippen LogP contribution in [0.2, 0.25) is 0 Å². The molecule has 2 rings (SSSR count). The lowest BCUT2D eigenvalue weighted by atomic mass is 10.1. The van der Waals surface area contributed by atoms with Crippen molar-refractivity contribution in [1.29, 1.82) is 0 Å². The van der Waals surface area contributed by atoms with Crippen molar-refractivity contribution < 1.29 is 18.4 Å². The second-order valence-corrected chi connectivity index (χ2v) is 5.68. The van der Waals surface area contributed by atoms with E-state index in [4.69, 9.17) is 0 Å². The molecule has 0 radical (unpaired) electrons. The highest BCUT2D eigenvalue weighted by Gasteiger charge is 2.15. The topological polar surface area (TPSA) is 58.2 Å². The fourth-order valence-electron chi connectivity index (χ4n) is 1.81. The zero-order chi connectivity index (χ0) is 16.8. The van der Waals surface area contributed by atoms with Crippen LogP contribution < -0.4 is 10.9 Å². The first-order valence-corrected chi connectivity index (χ1v) is 7.56. The molecule has 0 fully saturated rings. The van der Waals surface area contributed by atoms with Gasteiger partial charge in [-0.3, -0.25) is 20.4 Å². The van der Waals surface area contributed by atoms with E-state index in [1.165, 1.54) is 12.1 Å². The van der Waals surface area contributed by atoms with E-state index in [0.29, 0.717) is 5.56 Å². The van der Waals surface area contributed by atoms with Crippen molar-refractivity contribution in [3.05, 3.63) is 65.2 Å². The predicted octanol–water partition coefficient (Wildman–Crippen LogP) is 3.38. The lowest BCUT2D eigenvalue weighted by Gasteiger charge is -2.10. The maximum atomic E-state index is 12.5. The third kappa shape index (κ3) is 4.79. The summed E-state index contributed by atoms with van der Waals surface area (Å²) in [5.41, 5.74) is 5.95. The molecule has 0 saturated carbocycles. The Balaban J connectivity index is 2.02. The van der Waals surface area contributed by atoms with Crippen molar-refractivity contribution in [1.82, 2.24) is 10.9 Å². The molecule has 0 aliphatic carbocycles. The zero-order valence-electron chi connectivity index (χ0n) is 12.2. The second-order valence-electron chi connectivity index (χ2n) is 4.65. The number of halogens is 2. The summed E-state index contributed by atoms with van der Waals surface area (Å²) in [6, 6.07) is 12.7. The smallest absolute Gasteiger partial charge is 0.267 e. The van der Waals surface area contributed by atoms with Gasteiger partial charge in [0, 0.05) is 10.5 Å². The number of nitrogens with one attached hydrogen (secondary N) is 2. The van der Waals surface area contributed by atoms with Crippen molar-refractivity contribution in [2.75, 3.05) is 0 Å². The van der Waals surface area contributed by atoms with Gasteiger partial charge in [0.2, 0.25) is 0 Å². The van der Waals surface area contributed by atoms with E-state index < -0.39 is 17.6 Å². The van der Waals surface area contributed by atoms with Gasteiger partial charge in [0.25, 0.3) is 17.6 Å². The Morgan fingerprint density at radius 1 is 0.957 bits per heavy atom. The van der Waals surface area contributed by atoms with Crippen LogP contribution in [0.15, 0.2) is 53.4 Å². The third-order valence-electron chi connectivity index (χ3n) is 2.95. The van der Waals surface area contributed by atoms with Crippen LogP contribution >= 0.6 is 11.8 Å². The molecule has 0 aliphatic rings. The highest BCUT2D eigenvalue weighted by molar-refractivity contribution is 7.99. The largest absolute Gasteiger partial charge is 0.288 e. The van der Waals surface area contributed by atoms with Crippen LogP contribution in [-0.4, -0.2) is 17.6 Å². The minimum Gasteiger partial charge on any atom is -0.267 e. The molecule has 0 unspecified atom stereocenters. The normalized spacial score (nSPS) is 10.4. The summed E-state index contributed by atoms with van der Waals surface area (Å²) in [4.78, 5) is 24.1. The minimum absolute atomic E-state index is 0.0713. The predicted molar refractivity (Wildman–Crippen MR) is 84.4 cm³/mol. The fourth-order valence-corrected chi connectivity index (χ4v) is 2.45. The molecule has 7 heteroatoms. The van der Waals surface area contributed by atoms with Crippen LogP contribution in [0, 0.1) is 6.92 Å². The molecule has 0 bridgehead atoms. The van der Waals surface area contributed by atoms with Crippen LogP contribution in [0.4, 0.5) is 8.78 Å². The summed E-state index contributed by atoms with van der Waals surface area (Å²) in [6.45, 7) is 1.89. The highest BCUT2D eigenvalue weighted by atomic mass is 32.2. The van der Waals surface area contributed by atoms with E-state index in [-0.39, 0.29) is 22.2 Å². The third-order valence-corrected chi connectivity index (χ3v) is 3.74. The molecule has 0 aliphatic heterocycles. The van der Waals surface area contributed by atoms with E-state index in [2.05, 4.69) is 10.9 Å². The molecule has 0 heterocycles. The number of rotatable bonds is 4. The van der Waals surface area contributed by atoms with Gasteiger partial charge >= 0.3 is 0 Å². The van der Waals surface area contributed by atoms with Gasteiger partial charge in [0.15, 0.2) is 0 Å². The number of hydrazine groups is 1. The second kappa shape index (κ2) is 7.73. The fraction of sp³-hybridized carbons (Fsp3) is 0.125. The van der Waals surface area contributed by atoms with E-state index in [1.54, 1.807) is 36.4 Å². The molecule has 0 spiro atoms. The van der Waals surface area contributed by atoms with Gasteiger partial charge in [-0.25, -0.2) is 0 Å². The average Bonchev–Trinajstić information content (AvgIpc) is 2.53. The average molecular weight is 336 g/mol. The lowest BCUT2D eigenvalue weighted by molar-refractivity contribution is 0.0845. The van der Waals surface area contributed by atoms with Gasteiger partial charge in [-0.15, -0.1) is 0 Å². The number of benzene rings is 2. The molecular formula is C16H14F2N2O2S. The van der Waals surface area contributed by atoms with Crippen molar-refractivity contribution in [2.45, 2.75) is 17.6 Å². The van der Waals surface area contributed by atoms with Gasteiger partial charge in [-0.05, 0) is 31.2 Å². The van der Waals surface area contributed by atoms with Crippen molar-refractivity contribution in [2.24, 2.45) is 0 Å². The number of alkyl halides is 2.